The Balaban J connectivity index is 2.13. The number of hydrogen-bond acceptors (Lipinski definition) is 5. The lowest BCUT2D eigenvalue weighted by Gasteiger charge is -2.39. The van der Waals surface area contributed by atoms with Crippen molar-refractivity contribution >= 4 is 23.5 Å². The van der Waals surface area contributed by atoms with Gasteiger partial charge in [-0.3, -0.25) is 9.59 Å². The summed E-state index contributed by atoms with van der Waals surface area (Å²) in [6.07, 6.45) is 1.13. The molecule has 1 aromatic rings. The molecule has 1 aliphatic carbocycles. The molecule has 0 amide bonds. The number of hydrogen-bond donors (Lipinski definition) is 2. The van der Waals surface area contributed by atoms with Crippen molar-refractivity contribution in [3.05, 3.63) is 57.8 Å². The van der Waals surface area contributed by atoms with Gasteiger partial charge in [-0.15, -0.1) is 0 Å². The minimum Gasteiger partial charge on any atom is -0.481 e. The van der Waals surface area contributed by atoms with Crippen molar-refractivity contribution in [2.75, 3.05) is 5.75 Å². The first-order valence-electron chi connectivity index (χ1n) is 8.39. The lowest BCUT2D eigenvalue weighted by atomic mass is 9.69. The summed E-state index contributed by atoms with van der Waals surface area (Å²) in [5, 5.41) is 22.6. The van der Waals surface area contributed by atoms with Gasteiger partial charge in [-0.05, 0) is 17.4 Å². The Morgan fingerprint density at radius 2 is 2.04 bits per heavy atom. The molecule has 0 bridgehead atoms. The van der Waals surface area contributed by atoms with Gasteiger partial charge in [0.15, 0.2) is 5.78 Å². The van der Waals surface area contributed by atoms with Crippen molar-refractivity contribution in [3.63, 3.8) is 0 Å². The van der Waals surface area contributed by atoms with Crippen LogP contribution in [-0.4, -0.2) is 22.6 Å². The molecule has 1 atom stereocenters. The average Bonchev–Trinajstić information content (AvgIpc) is 2.58. The third-order valence-electron chi connectivity index (χ3n) is 4.60. The van der Waals surface area contributed by atoms with Crippen LogP contribution in [0.4, 0.5) is 0 Å². The number of Topliss-reactive ketones (excluding diaryl/α,β-unsaturated/α-hetero) is 1. The quantitative estimate of drug-likeness (QED) is 0.844. The van der Waals surface area contributed by atoms with E-state index in [0.29, 0.717) is 29.0 Å². The highest BCUT2D eigenvalue weighted by Crippen LogP contribution is 2.47. The summed E-state index contributed by atoms with van der Waals surface area (Å²) in [5.74, 6) is -1.49. The summed E-state index contributed by atoms with van der Waals surface area (Å²) in [6, 6.07) is 11.7. The van der Waals surface area contributed by atoms with Crippen molar-refractivity contribution in [1.29, 1.82) is 5.26 Å². The number of benzene rings is 1. The number of nitriles is 1. The maximum absolute atomic E-state index is 12.9. The highest BCUT2D eigenvalue weighted by Gasteiger charge is 2.41. The number of carboxylic acids is 1. The molecule has 3 rings (SSSR count). The van der Waals surface area contributed by atoms with Gasteiger partial charge in [0, 0.05) is 17.7 Å². The van der Waals surface area contributed by atoms with Gasteiger partial charge in [0.2, 0.25) is 0 Å². The summed E-state index contributed by atoms with van der Waals surface area (Å²) < 4.78 is 0. The first-order valence-corrected chi connectivity index (χ1v) is 9.38. The third-order valence-corrected chi connectivity index (χ3v) is 5.60. The maximum Gasteiger partial charge on any atom is 0.313 e. The highest BCUT2D eigenvalue weighted by atomic mass is 32.2. The Labute approximate surface area is 156 Å². The normalized spacial score (nSPS) is 21.7. The van der Waals surface area contributed by atoms with Crippen LogP contribution in [0.5, 0.6) is 0 Å². The highest BCUT2D eigenvalue weighted by molar-refractivity contribution is 8.03. The SMILES string of the molecule is CC1(C)CC(=O)C2=C(C1)NC(SCC(=O)O)=C(C#N)[C@H]2c1ccccc1. The Hall–Kier alpha value is -2.52. The van der Waals surface area contributed by atoms with E-state index in [9.17, 15) is 14.9 Å². The fourth-order valence-electron chi connectivity index (χ4n) is 3.60. The van der Waals surface area contributed by atoms with Crippen molar-refractivity contribution in [2.45, 2.75) is 32.6 Å². The van der Waals surface area contributed by atoms with E-state index in [1.807, 2.05) is 44.2 Å². The van der Waals surface area contributed by atoms with E-state index in [1.54, 1.807) is 0 Å². The van der Waals surface area contributed by atoms with Gasteiger partial charge in [0.05, 0.1) is 28.3 Å². The van der Waals surface area contributed by atoms with Gasteiger partial charge in [-0.2, -0.15) is 5.26 Å². The van der Waals surface area contributed by atoms with E-state index in [4.69, 9.17) is 5.11 Å². The molecular formula is C20H20N2O3S. The van der Waals surface area contributed by atoms with E-state index < -0.39 is 11.9 Å². The molecule has 26 heavy (non-hydrogen) atoms. The Morgan fingerprint density at radius 3 is 2.65 bits per heavy atom. The van der Waals surface area contributed by atoms with Crippen molar-refractivity contribution in [2.24, 2.45) is 5.41 Å². The number of carbonyl (C=O) groups is 2. The van der Waals surface area contributed by atoms with Crippen LogP contribution < -0.4 is 5.32 Å². The van der Waals surface area contributed by atoms with E-state index >= 15 is 0 Å². The van der Waals surface area contributed by atoms with Gasteiger partial charge in [-0.1, -0.05) is 55.9 Å². The number of nitrogens with one attached hydrogen (secondary N) is 1. The Bertz CT molecular complexity index is 863. The second-order valence-corrected chi connectivity index (χ2v) is 8.32. The molecule has 1 heterocycles. The van der Waals surface area contributed by atoms with Crippen LogP contribution in [0.25, 0.3) is 0 Å². The van der Waals surface area contributed by atoms with Crippen LogP contribution in [0.3, 0.4) is 0 Å². The lowest BCUT2D eigenvalue weighted by Crippen LogP contribution is -2.37. The molecule has 134 valence electrons. The summed E-state index contributed by atoms with van der Waals surface area (Å²) >= 11 is 1.09. The number of dihydropyridines is 1. The summed E-state index contributed by atoms with van der Waals surface area (Å²) in [5.41, 5.74) is 2.57. The molecule has 0 saturated carbocycles. The van der Waals surface area contributed by atoms with E-state index in [0.717, 1.165) is 23.0 Å². The molecular weight excluding hydrogens is 348 g/mol. The summed E-state index contributed by atoms with van der Waals surface area (Å²) in [4.78, 5) is 23.9. The molecule has 2 aliphatic rings. The van der Waals surface area contributed by atoms with Crippen molar-refractivity contribution in [1.82, 2.24) is 5.32 Å². The summed E-state index contributed by atoms with van der Waals surface area (Å²) in [7, 11) is 0. The number of thioether (sulfide) groups is 1. The topological polar surface area (TPSA) is 90.2 Å². The second kappa shape index (κ2) is 7.00. The third kappa shape index (κ3) is 3.54. The Kier molecular flexibility index (Phi) is 4.92. The zero-order valence-electron chi connectivity index (χ0n) is 14.7. The number of aliphatic carboxylic acids is 1. The van der Waals surface area contributed by atoms with Crippen LogP contribution in [0.15, 0.2) is 52.2 Å². The fourth-order valence-corrected chi connectivity index (χ4v) is 4.39. The number of carboxylic acid groups (broad SMARTS) is 1. The zero-order chi connectivity index (χ0) is 18.9. The number of allylic oxidation sites excluding steroid dienone is 3. The number of nitrogens with zero attached hydrogens (tertiary/aromatic N) is 1. The first-order chi connectivity index (χ1) is 12.3. The number of ketones is 1. The van der Waals surface area contributed by atoms with Gasteiger partial charge < -0.3 is 10.4 Å². The van der Waals surface area contributed by atoms with Gasteiger partial charge in [0.25, 0.3) is 0 Å². The van der Waals surface area contributed by atoms with Gasteiger partial charge >= 0.3 is 5.97 Å². The Morgan fingerprint density at radius 1 is 1.35 bits per heavy atom. The van der Waals surface area contributed by atoms with E-state index in [-0.39, 0.29) is 17.0 Å². The van der Waals surface area contributed by atoms with Crippen LogP contribution in [-0.2, 0) is 9.59 Å². The zero-order valence-corrected chi connectivity index (χ0v) is 15.5. The summed E-state index contributed by atoms with van der Waals surface area (Å²) in [6.45, 7) is 4.09. The average molecular weight is 368 g/mol. The predicted octanol–water partition coefficient (Wildman–Crippen LogP) is 3.57. The maximum atomic E-state index is 12.9. The van der Waals surface area contributed by atoms with Crippen LogP contribution in [0.1, 0.15) is 38.2 Å². The molecule has 2 N–H and O–H groups in total. The molecule has 0 saturated heterocycles. The van der Waals surface area contributed by atoms with Gasteiger partial charge in [-0.25, -0.2) is 0 Å². The molecule has 6 heteroatoms. The molecule has 0 radical (unpaired) electrons. The molecule has 0 unspecified atom stereocenters. The monoisotopic (exact) mass is 368 g/mol. The molecule has 0 fully saturated rings. The van der Waals surface area contributed by atoms with Crippen LogP contribution in [0, 0.1) is 16.7 Å². The lowest BCUT2D eigenvalue weighted by molar-refractivity contribution is -0.133. The molecule has 1 aliphatic heterocycles. The van der Waals surface area contributed by atoms with Crippen molar-refractivity contribution < 1.29 is 14.7 Å². The smallest absolute Gasteiger partial charge is 0.313 e. The van der Waals surface area contributed by atoms with Gasteiger partial charge in [0.1, 0.15) is 0 Å². The minimum absolute atomic E-state index is 0.0487. The standard InChI is InChI=1S/C20H20N2O3S/c1-20(2)8-14-18(15(23)9-20)17(12-6-4-3-5-7-12)13(10-21)19(22-14)26-11-16(24)25/h3-7,17,22H,8-9,11H2,1-2H3,(H,24,25)/t17-/m1/s1. The fraction of sp³-hybridized carbons (Fsp3) is 0.350. The predicted molar refractivity (Wildman–Crippen MR) is 100 cm³/mol. The minimum atomic E-state index is -0.947. The number of carbonyl (C=O) groups excluding carboxylic acids is 1. The van der Waals surface area contributed by atoms with Crippen LogP contribution in [0.2, 0.25) is 0 Å². The number of rotatable bonds is 4. The molecule has 0 spiro atoms. The van der Waals surface area contributed by atoms with E-state index in [2.05, 4.69) is 11.4 Å². The molecule has 5 nitrogen and oxygen atoms in total. The molecule has 0 aromatic heterocycles. The largest absolute Gasteiger partial charge is 0.481 e. The van der Waals surface area contributed by atoms with Crippen molar-refractivity contribution in [3.8, 4) is 6.07 Å². The van der Waals surface area contributed by atoms with E-state index in [1.165, 1.54) is 0 Å². The van der Waals surface area contributed by atoms with Crippen LogP contribution >= 0.6 is 11.8 Å². The second-order valence-electron chi connectivity index (χ2n) is 7.34. The molecule has 1 aromatic carbocycles. The first kappa shape index (κ1) is 18.3.